The smallest absolute Gasteiger partial charge is 0.125 e. The quantitative estimate of drug-likeness (QED) is 0.795. The van der Waals surface area contributed by atoms with Crippen LogP contribution in [-0.4, -0.2) is 23.1 Å². The predicted molar refractivity (Wildman–Crippen MR) is 84.1 cm³/mol. The first kappa shape index (κ1) is 14.7. The van der Waals surface area contributed by atoms with Gasteiger partial charge in [0.05, 0.1) is 6.04 Å². The zero-order valence-electron chi connectivity index (χ0n) is 12.4. The maximum atomic E-state index is 6.07. The van der Waals surface area contributed by atoms with Crippen LogP contribution in [0.15, 0.2) is 24.3 Å². The van der Waals surface area contributed by atoms with Crippen molar-refractivity contribution in [2.75, 3.05) is 11.5 Å². The fraction of sp³-hybridized carbons (Fsp3) is 0.625. The van der Waals surface area contributed by atoms with Gasteiger partial charge in [-0.15, -0.1) is 0 Å². The van der Waals surface area contributed by atoms with Crippen molar-refractivity contribution in [2.24, 2.45) is 0 Å². The van der Waals surface area contributed by atoms with Crippen LogP contribution in [0.3, 0.4) is 0 Å². The summed E-state index contributed by atoms with van der Waals surface area (Å²) in [5.74, 6) is 3.45. The lowest BCUT2D eigenvalue weighted by Crippen LogP contribution is -2.43. The molecule has 0 bridgehead atoms. The molecule has 0 aromatic heterocycles. The molecule has 1 aliphatic heterocycles. The molecule has 2 atom stereocenters. The van der Waals surface area contributed by atoms with Crippen molar-refractivity contribution in [3.05, 3.63) is 29.8 Å². The molecule has 1 aliphatic rings. The lowest BCUT2D eigenvalue weighted by atomic mass is 9.93. The summed E-state index contributed by atoms with van der Waals surface area (Å²) in [4.78, 5) is 0. The molecule has 1 aromatic rings. The highest BCUT2D eigenvalue weighted by Gasteiger charge is 2.41. The van der Waals surface area contributed by atoms with Crippen molar-refractivity contribution >= 4 is 11.8 Å². The average Bonchev–Trinajstić information content (AvgIpc) is 2.61. The van der Waals surface area contributed by atoms with Gasteiger partial charge in [-0.1, -0.05) is 25.1 Å². The second-order valence-electron chi connectivity index (χ2n) is 5.73. The molecule has 0 saturated carbocycles. The average molecular weight is 279 g/mol. The van der Waals surface area contributed by atoms with Gasteiger partial charge in [0.2, 0.25) is 0 Å². The second-order valence-corrected chi connectivity index (χ2v) is 7.12. The molecule has 0 saturated heterocycles. The minimum absolute atomic E-state index is 0.171. The van der Waals surface area contributed by atoms with Gasteiger partial charge in [-0.3, -0.25) is 0 Å². The maximum absolute atomic E-state index is 6.07. The summed E-state index contributed by atoms with van der Waals surface area (Å²) >= 11 is 2.01. The summed E-state index contributed by atoms with van der Waals surface area (Å²) in [6.45, 7) is 8.82. The molecule has 1 aromatic carbocycles. The fourth-order valence-corrected chi connectivity index (χ4v) is 3.40. The molecule has 1 N–H and O–H groups in total. The lowest BCUT2D eigenvalue weighted by molar-refractivity contribution is 0.0917. The molecular formula is C16H25NOS. The largest absolute Gasteiger partial charge is 0.486 e. The Hall–Kier alpha value is -0.670. The summed E-state index contributed by atoms with van der Waals surface area (Å²) in [7, 11) is 0. The normalized spacial score (nSPS) is 21.8. The molecule has 0 amide bonds. The molecule has 2 rings (SSSR count). The maximum Gasteiger partial charge on any atom is 0.125 e. The van der Waals surface area contributed by atoms with Crippen LogP contribution in [0.1, 0.15) is 45.7 Å². The highest BCUT2D eigenvalue weighted by molar-refractivity contribution is 7.99. The molecule has 19 heavy (non-hydrogen) atoms. The Bertz CT molecular complexity index is 419. The van der Waals surface area contributed by atoms with Crippen LogP contribution in [0.5, 0.6) is 5.75 Å². The second kappa shape index (κ2) is 6.19. The first-order valence-electron chi connectivity index (χ1n) is 7.16. The van der Waals surface area contributed by atoms with Crippen molar-refractivity contribution in [3.63, 3.8) is 0 Å². The third-order valence-corrected chi connectivity index (χ3v) is 4.58. The number of hydrogen-bond acceptors (Lipinski definition) is 3. The molecule has 2 nitrogen and oxygen atoms in total. The Balaban J connectivity index is 2.02. The van der Waals surface area contributed by atoms with Crippen molar-refractivity contribution in [2.45, 2.75) is 51.8 Å². The van der Waals surface area contributed by atoms with Crippen LogP contribution in [0.2, 0.25) is 0 Å². The monoisotopic (exact) mass is 279 g/mol. The number of benzene rings is 1. The van der Waals surface area contributed by atoms with Crippen molar-refractivity contribution in [1.29, 1.82) is 0 Å². The third kappa shape index (κ3) is 3.46. The Morgan fingerprint density at radius 3 is 2.84 bits per heavy atom. The van der Waals surface area contributed by atoms with Gasteiger partial charge >= 0.3 is 0 Å². The number of para-hydroxylation sites is 1. The zero-order chi connectivity index (χ0) is 13.9. The van der Waals surface area contributed by atoms with E-state index in [1.165, 1.54) is 23.5 Å². The van der Waals surface area contributed by atoms with E-state index in [0.29, 0.717) is 6.04 Å². The van der Waals surface area contributed by atoms with Gasteiger partial charge in [-0.25, -0.2) is 0 Å². The van der Waals surface area contributed by atoms with E-state index in [1.807, 2.05) is 17.8 Å². The van der Waals surface area contributed by atoms with E-state index in [2.05, 4.69) is 51.2 Å². The molecule has 0 fully saturated rings. The van der Waals surface area contributed by atoms with Gasteiger partial charge < -0.3 is 10.1 Å². The van der Waals surface area contributed by atoms with Gasteiger partial charge in [-0.2, -0.15) is 11.8 Å². The van der Waals surface area contributed by atoms with Crippen molar-refractivity contribution in [3.8, 4) is 5.75 Å². The number of thioether (sulfide) groups is 1. The summed E-state index contributed by atoms with van der Waals surface area (Å²) < 4.78 is 6.07. The predicted octanol–water partition coefficient (Wildman–Crippen LogP) is 4.02. The number of nitrogens with one attached hydrogen (secondary N) is 1. The van der Waals surface area contributed by atoms with E-state index >= 15 is 0 Å². The number of hydrogen-bond donors (Lipinski definition) is 1. The van der Waals surface area contributed by atoms with E-state index in [0.717, 1.165) is 5.75 Å². The minimum Gasteiger partial charge on any atom is -0.486 e. The minimum atomic E-state index is -0.171. The van der Waals surface area contributed by atoms with E-state index in [1.54, 1.807) is 0 Å². The third-order valence-electron chi connectivity index (χ3n) is 3.65. The summed E-state index contributed by atoms with van der Waals surface area (Å²) in [6, 6.07) is 9.17. The van der Waals surface area contributed by atoms with Crippen LogP contribution < -0.4 is 10.1 Å². The van der Waals surface area contributed by atoms with E-state index < -0.39 is 0 Å². The van der Waals surface area contributed by atoms with Crippen LogP contribution >= 0.6 is 11.8 Å². The Labute approximate surface area is 121 Å². The first-order chi connectivity index (χ1) is 9.04. The van der Waals surface area contributed by atoms with Crippen LogP contribution in [0.4, 0.5) is 0 Å². The molecule has 1 heterocycles. The lowest BCUT2D eigenvalue weighted by Gasteiger charge is -2.30. The number of fused-ring (bicyclic) bond motifs is 1. The van der Waals surface area contributed by atoms with Gasteiger partial charge in [0.25, 0.3) is 0 Å². The van der Waals surface area contributed by atoms with Gasteiger partial charge in [-0.05, 0) is 44.8 Å². The Kier molecular flexibility index (Phi) is 4.80. The van der Waals surface area contributed by atoms with Crippen molar-refractivity contribution < 1.29 is 4.74 Å². The number of ether oxygens (including phenoxy) is 1. The van der Waals surface area contributed by atoms with E-state index in [4.69, 9.17) is 4.74 Å². The summed E-state index contributed by atoms with van der Waals surface area (Å²) in [5, 5.41) is 3.75. The Morgan fingerprint density at radius 2 is 2.11 bits per heavy atom. The molecule has 0 aliphatic carbocycles. The molecule has 3 heteroatoms. The van der Waals surface area contributed by atoms with Gasteiger partial charge in [0, 0.05) is 11.6 Å². The topological polar surface area (TPSA) is 21.3 Å². The molecular weight excluding hydrogens is 254 g/mol. The molecule has 0 spiro atoms. The van der Waals surface area contributed by atoms with Crippen molar-refractivity contribution in [1.82, 2.24) is 5.32 Å². The first-order valence-corrected chi connectivity index (χ1v) is 8.32. The number of rotatable bonds is 6. The van der Waals surface area contributed by atoms with Crippen LogP contribution in [0, 0.1) is 0 Å². The SMILES string of the molecule is CCSCCC(C)NC1c2ccccc2OC1(C)C. The van der Waals surface area contributed by atoms with Crippen LogP contribution in [0.25, 0.3) is 0 Å². The Morgan fingerprint density at radius 1 is 1.37 bits per heavy atom. The van der Waals surface area contributed by atoms with Gasteiger partial charge in [0.15, 0.2) is 0 Å². The standard InChI is InChI=1S/C16H25NOS/c1-5-19-11-10-12(2)17-15-13-8-6-7-9-14(13)18-16(15,3)4/h6-9,12,15,17H,5,10-11H2,1-4H3. The molecule has 106 valence electrons. The fourth-order valence-electron chi connectivity index (χ4n) is 2.59. The molecule has 2 unspecified atom stereocenters. The van der Waals surface area contributed by atoms with E-state index in [9.17, 15) is 0 Å². The van der Waals surface area contributed by atoms with Crippen LogP contribution in [-0.2, 0) is 0 Å². The molecule has 0 radical (unpaired) electrons. The highest BCUT2D eigenvalue weighted by atomic mass is 32.2. The summed E-state index contributed by atoms with van der Waals surface area (Å²) in [5.41, 5.74) is 1.12. The highest BCUT2D eigenvalue weighted by Crippen LogP contribution is 2.42. The van der Waals surface area contributed by atoms with Gasteiger partial charge in [0.1, 0.15) is 11.4 Å². The zero-order valence-corrected chi connectivity index (χ0v) is 13.2. The summed E-state index contributed by atoms with van der Waals surface area (Å²) in [6.07, 6.45) is 1.20. The van der Waals surface area contributed by atoms with E-state index in [-0.39, 0.29) is 11.6 Å².